The maximum Gasteiger partial charge on any atom is 0.136 e. The molecular formula is C13H12N6. The summed E-state index contributed by atoms with van der Waals surface area (Å²) in [5.74, 6) is 0. The van der Waals surface area contributed by atoms with Crippen LogP contribution in [0.4, 0.5) is 5.69 Å². The van der Waals surface area contributed by atoms with Crippen molar-refractivity contribution in [3.8, 4) is 17.1 Å². The third-order valence-electron chi connectivity index (χ3n) is 2.78. The summed E-state index contributed by atoms with van der Waals surface area (Å²) in [5.41, 5.74) is 9.62. The van der Waals surface area contributed by atoms with Gasteiger partial charge in [-0.3, -0.25) is 15.0 Å². The Bertz CT molecular complexity index is 704. The van der Waals surface area contributed by atoms with Gasteiger partial charge in [0.05, 0.1) is 23.3 Å². The van der Waals surface area contributed by atoms with Crippen LogP contribution < -0.4 is 5.73 Å². The van der Waals surface area contributed by atoms with Crippen LogP contribution in [0, 0.1) is 6.92 Å². The second kappa shape index (κ2) is 4.49. The van der Waals surface area contributed by atoms with E-state index in [1.54, 1.807) is 35.7 Å². The molecule has 0 aromatic carbocycles. The second-order valence-electron chi connectivity index (χ2n) is 4.07. The molecule has 0 aliphatic carbocycles. The van der Waals surface area contributed by atoms with Crippen molar-refractivity contribution in [1.82, 2.24) is 24.7 Å². The highest BCUT2D eigenvalue weighted by Gasteiger charge is 2.13. The molecule has 3 aromatic heterocycles. The molecule has 19 heavy (non-hydrogen) atoms. The molecule has 0 saturated carbocycles. The Balaban J connectivity index is 2.11. The molecule has 0 atom stereocenters. The number of aryl methyl sites for hydroxylation is 1. The molecular weight excluding hydrogens is 240 g/mol. The summed E-state index contributed by atoms with van der Waals surface area (Å²) in [6.07, 6.45) is 8.46. The Kier molecular flexibility index (Phi) is 2.68. The van der Waals surface area contributed by atoms with E-state index in [9.17, 15) is 0 Å². The lowest BCUT2D eigenvalue weighted by Crippen LogP contribution is -1.97. The van der Waals surface area contributed by atoms with Gasteiger partial charge in [0.25, 0.3) is 0 Å². The van der Waals surface area contributed by atoms with E-state index in [0.29, 0.717) is 17.1 Å². The highest BCUT2D eigenvalue weighted by atomic mass is 15.3. The predicted octanol–water partition coefficient (Wildman–Crippen LogP) is 1.61. The van der Waals surface area contributed by atoms with Gasteiger partial charge in [0.15, 0.2) is 0 Å². The quantitative estimate of drug-likeness (QED) is 0.749. The molecule has 3 heterocycles. The largest absolute Gasteiger partial charge is 0.396 e. The third kappa shape index (κ3) is 2.03. The van der Waals surface area contributed by atoms with Gasteiger partial charge >= 0.3 is 0 Å². The number of rotatable bonds is 2. The van der Waals surface area contributed by atoms with Crippen LogP contribution in [0.5, 0.6) is 0 Å². The topological polar surface area (TPSA) is 82.5 Å². The van der Waals surface area contributed by atoms with Gasteiger partial charge in [0.1, 0.15) is 11.4 Å². The molecule has 6 heteroatoms. The minimum absolute atomic E-state index is 0.570. The average Bonchev–Trinajstić information content (AvgIpc) is 2.82. The molecule has 6 nitrogen and oxygen atoms in total. The number of pyridine rings is 1. The highest BCUT2D eigenvalue weighted by molar-refractivity contribution is 5.70. The molecule has 0 spiro atoms. The maximum absolute atomic E-state index is 6.01. The van der Waals surface area contributed by atoms with E-state index in [2.05, 4.69) is 20.1 Å². The fourth-order valence-electron chi connectivity index (χ4n) is 1.84. The summed E-state index contributed by atoms with van der Waals surface area (Å²) in [6, 6.07) is 3.72. The van der Waals surface area contributed by atoms with Gasteiger partial charge in [-0.25, -0.2) is 4.68 Å². The van der Waals surface area contributed by atoms with Gasteiger partial charge in [-0.1, -0.05) is 0 Å². The van der Waals surface area contributed by atoms with Crippen LogP contribution in [-0.2, 0) is 0 Å². The van der Waals surface area contributed by atoms with Gasteiger partial charge in [0.2, 0.25) is 0 Å². The van der Waals surface area contributed by atoms with Gasteiger partial charge < -0.3 is 5.73 Å². The number of hydrogen-bond acceptors (Lipinski definition) is 5. The first-order valence-electron chi connectivity index (χ1n) is 5.79. The molecule has 0 unspecified atom stereocenters. The Morgan fingerprint density at radius 1 is 1.00 bits per heavy atom. The molecule has 0 radical (unpaired) electrons. The van der Waals surface area contributed by atoms with Gasteiger partial charge in [0, 0.05) is 24.8 Å². The van der Waals surface area contributed by atoms with E-state index >= 15 is 0 Å². The fourth-order valence-corrected chi connectivity index (χ4v) is 1.84. The molecule has 2 N–H and O–H groups in total. The van der Waals surface area contributed by atoms with Gasteiger partial charge in [-0.05, 0) is 19.1 Å². The van der Waals surface area contributed by atoms with E-state index in [-0.39, 0.29) is 0 Å². The van der Waals surface area contributed by atoms with Crippen molar-refractivity contribution in [2.75, 3.05) is 5.73 Å². The Hall–Kier alpha value is -2.76. The number of nitrogens with zero attached hydrogens (tertiary/aromatic N) is 5. The van der Waals surface area contributed by atoms with Crippen LogP contribution in [0.25, 0.3) is 17.1 Å². The van der Waals surface area contributed by atoms with Crippen LogP contribution in [0.2, 0.25) is 0 Å². The molecule has 0 bridgehead atoms. The van der Waals surface area contributed by atoms with E-state index in [1.807, 2.05) is 19.1 Å². The predicted molar refractivity (Wildman–Crippen MR) is 71.5 cm³/mol. The Morgan fingerprint density at radius 2 is 1.74 bits per heavy atom. The molecule has 0 aliphatic rings. The van der Waals surface area contributed by atoms with Crippen molar-refractivity contribution in [3.05, 3.63) is 48.8 Å². The number of anilines is 1. The average molecular weight is 252 g/mol. The van der Waals surface area contributed by atoms with Gasteiger partial charge in [-0.15, -0.1) is 0 Å². The van der Waals surface area contributed by atoms with Crippen molar-refractivity contribution < 1.29 is 0 Å². The Labute approximate surface area is 110 Å². The minimum atomic E-state index is 0.570. The lowest BCUT2D eigenvalue weighted by Gasteiger charge is -2.01. The number of aromatic nitrogens is 5. The monoisotopic (exact) mass is 252 g/mol. The third-order valence-corrected chi connectivity index (χ3v) is 2.78. The summed E-state index contributed by atoms with van der Waals surface area (Å²) in [4.78, 5) is 12.5. The lowest BCUT2D eigenvalue weighted by molar-refractivity contribution is 0.878. The SMILES string of the molecule is Cc1nccnc1-c1nn(-c2ccncc2)cc1N. The van der Waals surface area contributed by atoms with Crippen LogP contribution in [0.15, 0.2) is 43.1 Å². The van der Waals surface area contributed by atoms with E-state index in [4.69, 9.17) is 5.73 Å². The maximum atomic E-state index is 6.01. The summed E-state index contributed by atoms with van der Waals surface area (Å²) >= 11 is 0. The summed E-state index contributed by atoms with van der Waals surface area (Å²) in [5, 5.41) is 4.47. The molecule has 0 fully saturated rings. The van der Waals surface area contributed by atoms with E-state index in [1.165, 1.54) is 0 Å². The van der Waals surface area contributed by atoms with Gasteiger partial charge in [-0.2, -0.15) is 5.10 Å². The number of nitrogen functional groups attached to an aromatic ring is 1. The van der Waals surface area contributed by atoms with Crippen molar-refractivity contribution in [3.63, 3.8) is 0 Å². The van der Waals surface area contributed by atoms with E-state index in [0.717, 1.165) is 11.4 Å². The molecule has 3 rings (SSSR count). The van der Waals surface area contributed by atoms with Crippen molar-refractivity contribution in [2.24, 2.45) is 0 Å². The normalized spacial score (nSPS) is 10.6. The molecule has 3 aromatic rings. The lowest BCUT2D eigenvalue weighted by atomic mass is 10.2. The number of hydrogen-bond donors (Lipinski definition) is 1. The van der Waals surface area contributed by atoms with Crippen molar-refractivity contribution >= 4 is 5.69 Å². The van der Waals surface area contributed by atoms with Crippen LogP contribution in [-0.4, -0.2) is 24.7 Å². The smallest absolute Gasteiger partial charge is 0.136 e. The summed E-state index contributed by atoms with van der Waals surface area (Å²) < 4.78 is 1.71. The zero-order chi connectivity index (χ0) is 13.2. The van der Waals surface area contributed by atoms with Crippen LogP contribution in [0.1, 0.15) is 5.69 Å². The first-order chi connectivity index (χ1) is 9.25. The molecule has 0 saturated heterocycles. The minimum Gasteiger partial charge on any atom is -0.396 e. The van der Waals surface area contributed by atoms with Crippen LogP contribution >= 0.6 is 0 Å². The van der Waals surface area contributed by atoms with E-state index < -0.39 is 0 Å². The first kappa shape index (κ1) is 11.3. The zero-order valence-corrected chi connectivity index (χ0v) is 10.4. The second-order valence-corrected chi connectivity index (χ2v) is 4.07. The zero-order valence-electron chi connectivity index (χ0n) is 10.4. The molecule has 0 amide bonds. The molecule has 0 aliphatic heterocycles. The van der Waals surface area contributed by atoms with Crippen LogP contribution in [0.3, 0.4) is 0 Å². The highest BCUT2D eigenvalue weighted by Crippen LogP contribution is 2.24. The number of nitrogens with two attached hydrogens (primary N) is 1. The molecule has 94 valence electrons. The fraction of sp³-hybridized carbons (Fsp3) is 0.0769. The van der Waals surface area contributed by atoms with Crippen molar-refractivity contribution in [1.29, 1.82) is 0 Å². The first-order valence-corrected chi connectivity index (χ1v) is 5.79. The summed E-state index contributed by atoms with van der Waals surface area (Å²) in [7, 11) is 0. The summed E-state index contributed by atoms with van der Waals surface area (Å²) in [6.45, 7) is 1.88. The standard InChI is InChI=1S/C13H12N6/c1-9-12(17-7-6-16-9)13-11(14)8-19(18-13)10-2-4-15-5-3-10/h2-8H,14H2,1H3. The Morgan fingerprint density at radius 3 is 2.47 bits per heavy atom. The van der Waals surface area contributed by atoms with Crippen molar-refractivity contribution in [2.45, 2.75) is 6.92 Å².